The first-order valence-electron chi connectivity index (χ1n) is 3.86. The van der Waals surface area contributed by atoms with Gasteiger partial charge in [0.25, 0.3) is 5.91 Å². The van der Waals surface area contributed by atoms with Crippen molar-refractivity contribution in [1.29, 1.82) is 0 Å². The maximum Gasteiger partial charge on any atom is 0.274 e. The van der Waals surface area contributed by atoms with Crippen LogP contribution in [0, 0.1) is 0 Å². The number of rotatable bonds is 3. The molecule has 0 saturated heterocycles. The summed E-state index contributed by atoms with van der Waals surface area (Å²) in [6.45, 7) is 3.56. The van der Waals surface area contributed by atoms with E-state index >= 15 is 0 Å². The Kier molecular flexibility index (Phi) is 3.48. The lowest BCUT2D eigenvalue weighted by molar-refractivity contribution is 0.0949. The Balaban J connectivity index is 2.70. The average Bonchev–Trinajstić information content (AvgIpc) is 2.15. The minimum absolute atomic E-state index is 0.0228. The van der Waals surface area contributed by atoms with Crippen molar-refractivity contribution in [2.24, 2.45) is 0 Å². The summed E-state index contributed by atoms with van der Waals surface area (Å²) in [5.74, 6) is -0.643. The number of pyridine rings is 1. The molecule has 4 nitrogen and oxygen atoms in total. The first kappa shape index (κ1) is 10.5. The van der Waals surface area contributed by atoms with Gasteiger partial charge in [-0.1, -0.05) is 18.2 Å². The number of hydrogen-bond acceptors (Lipinski definition) is 3. The summed E-state index contributed by atoms with van der Waals surface area (Å²) in [6, 6.07) is 2.92. The molecule has 0 aliphatic rings. The van der Waals surface area contributed by atoms with E-state index in [4.69, 9.17) is 11.6 Å². The molecule has 0 aliphatic carbocycles. The molecule has 14 heavy (non-hydrogen) atoms. The van der Waals surface area contributed by atoms with Crippen molar-refractivity contribution in [1.82, 2.24) is 10.3 Å². The number of carbonyl (C=O) groups excluding carboxylic acids is 1. The number of amides is 1. The van der Waals surface area contributed by atoms with Gasteiger partial charge in [0.1, 0.15) is 5.75 Å². The number of carbonyl (C=O) groups is 1. The van der Waals surface area contributed by atoms with Crippen LogP contribution in [0.15, 0.2) is 29.9 Å². The van der Waals surface area contributed by atoms with Crippen LogP contribution in [0.25, 0.3) is 0 Å². The highest BCUT2D eigenvalue weighted by atomic mass is 35.5. The van der Waals surface area contributed by atoms with Gasteiger partial charge < -0.3 is 10.4 Å². The fraction of sp³-hybridized carbons (Fsp3) is 0.111. The van der Waals surface area contributed by atoms with E-state index in [1.54, 1.807) is 0 Å². The van der Waals surface area contributed by atoms with Crippen molar-refractivity contribution in [3.05, 3.63) is 35.6 Å². The van der Waals surface area contributed by atoms with Crippen LogP contribution in [-0.4, -0.2) is 22.5 Å². The van der Waals surface area contributed by atoms with Crippen molar-refractivity contribution in [3.8, 4) is 5.75 Å². The molecular formula is C9H9ClN2O2. The highest BCUT2D eigenvalue weighted by Gasteiger charge is 2.10. The monoisotopic (exact) mass is 212 g/mol. The van der Waals surface area contributed by atoms with Gasteiger partial charge in [-0.05, 0) is 12.1 Å². The molecule has 1 amide bonds. The van der Waals surface area contributed by atoms with E-state index in [2.05, 4.69) is 16.9 Å². The standard InChI is InChI=1S/C9H9ClN2O2/c1-6(10)5-12-9(14)8-7(13)3-2-4-11-8/h2-4,13H,1,5H2,(H,12,14). The second kappa shape index (κ2) is 4.62. The SMILES string of the molecule is C=C(Cl)CNC(=O)c1ncccc1O. The summed E-state index contributed by atoms with van der Waals surface area (Å²) in [5.41, 5.74) is -0.0228. The lowest BCUT2D eigenvalue weighted by Crippen LogP contribution is -2.25. The molecule has 0 radical (unpaired) electrons. The van der Waals surface area contributed by atoms with E-state index < -0.39 is 5.91 Å². The molecule has 1 rings (SSSR count). The van der Waals surface area contributed by atoms with Crippen LogP contribution in [0.4, 0.5) is 0 Å². The largest absolute Gasteiger partial charge is 0.505 e. The third-order valence-corrected chi connectivity index (χ3v) is 1.58. The molecule has 1 aromatic rings. The topological polar surface area (TPSA) is 62.2 Å². The van der Waals surface area contributed by atoms with E-state index in [1.165, 1.54) is 18.3 Å². The smallest absolute Gasteiger partial charge is 0.274 e. The molecule has 0 spiro atoms. The number of aromatic nitrogens is 1. The Hall–Kier alpha value is -1.55. The molecule has 0 unspecified atom stereocenters. The normalized spacial score (nSPS) is 9.50. The van der Waals surface area contributed by atoms with Crippen molar-refractivity contribution in [2.45, 2.75) is 0 Å². The third-order valence-electron chi connectivity index (χ3n) is 1.44. The summed E-state index contributed by atoms with van der Waals surface area (Å²) >= 11 is 5.46. The Bertz CT molecular complexity index is 366. The van der Waals surface area contributed by atoms with Crippen LogP contribution in [0.1, 0.15) is 10.5 Å². The van der Waals surface area contributed by atoms with Gasteiger partial charge in [-0.15, -0.1) is 0 Å². The second-order valence-electron chi connectivity index (χ2n) is 2.57. The Morgan fingerprint density at radius 2 is 2.43 bits per heavy atom. The number of halogens is 1. The quantitative estimate of drug-likeness (QED) is 0.793. The lowest BCUT2D eigenvalue weighted by Gasteiger charge is -2.03. The fourth-order valence-electron chi connectivity index (χ4n) is 0.832. The van der Waals surface area contributed by atoms with Crippen LogP contribution in [0.3, 0.4) is 0 Å². The van der Waals surface area contributed by atoms with Gasteiger partial charge in [0, 0.05) is 11.2 Å². The number of nitrogens with one attached hydrogen (secondary N) is 1. The molecule has 0 saturated carbocycles. The second-order valence-corrected chi connectivity index (χ2v) is 3.11. The van der Waals surface area contributed by atoms with Crippen LogP contribution in [0.2, 0.25) is 0 Å². The molecule has 5 heteroatoms. The molecule has 2 N–H and O–H groups in total. The lowest BCUT2D eigenvalue weighted by atomic mass is 10.3. The van der Waals surface area contributed by atoms with Crippen LogP contribution >= 0.6 is 11.6 Å². The highest BCUT2D eigenvalue weighted by Crippen LogP contribution is 2.11. The number of aromatic hydroxyl groups is 1. The van der Waals surface area contributed by atoms with Gasteiger partial charge >= 0.3 is 0 Å². The molecule has 0 aliphatic heterocycles. The summed E-state index contributed by atoms with van der Waals surface area (Å²) in [5, 5.41) is 12.0. The van der Waals surface area contributed by atoms with Crippen LogP contribution < -0.4 is 5.32 Å². The number of hydrogen-bond donors (Lipinski definition) is 2. The highest BCUT2D eigenvalue weighted by molar-refractivity contribution is 6.29. The zero-order valence-corrected chi connectivity index (χ0v) is 8.08. The molecule has 1 heterocycles. The average molecular weight is 213 g/mol. The van der Waals surface area contributed by atoms with Crippen molar-refractivity contribution in [2.75, 3.05) is 6.54 Å². The summed E-state index contributed by atoms with van der Waals surface area (Å²) in [6.07, 6.45) is 1.42. The summed E-state index contributed by atoms with van der Waals surface area (Å²) < 4.78 is 0. The predicted molar refractivity (Wildman–Crippen MR) is 53.2 cm³/mol. The Morgan fingerprint density at radius 1 is 1.71 bits per heavy atom. The molecule has 1 aromatic heterocycles. The Labute approximate surface area is 86.2 Å². The zero-order valence-electron chi connectivity index (χ0n) is 7.33. The predicted octanol–water partition coefficient (Wildman–Crippen LogP) is 1.27. The fourth-order valence-corrected chi connectivity index (χ4v) is 0.898. The first-order chi connectivity index (χ1) is 6.61. The van der Waals surface area contributed by atoms with E-state index in [-0.39, 0.29) is 18.0 Å². The van der Waals surface area contributed by atoms with Gasteiger partial charge in [-0.2, -0.15) is 0 Å². The maximum atomic E-state index is 11.3. The third kappa shape index (κ3) is 2.74. The minimum Gasteiger partial charge on any atom is -0.505 e. The van der Waals surface area contributed by atoms with E-state index in [1.807, 2.05) is 0 Å². The van der Waals surface area contributed by atoms with Gasteiger partial charge in [0.15, 0.2) is 5.69 Å². The first-order valence-corrected chi connectivity index (χ1v) is 4.24. The molecular weight excluding hydrogens is 204 g/mol. The Morgan fingerprint density at radius 3 is 3.00 bits per heavy atom. The zero-order chi connectivity index (χ0) is 10.6. The molecule has 74 valence electrons. The van der Waals surface area contributed by atoms with Crippen molar-refractivity contribution >= 4 is 17.5 Å². The summed E-state index contributed by atoms with van der Waals surface area (Å²) in [7, 11) is 0. The van der Waals surface area contributed by atoms with E-state index in [0.29, 0.717) is 5.03 Å². The van der Waals surface area contributed by atoms with Crippen molar-refractivity contribution < 1.29 is 9.90 Å². The van der Waals surface area contributed by atoms with E-state index in [9.17, 15) is 9.90 Å². The molecule has 0 atom stereocenters. The molecule has 0 bridgehead atoms. The van der Waals surface area contributed by atoms with E-state index in [0.717, 1.165) is 0 Å². The maximum absolute atomic E-state index is 11.3. The van der Waals surface area contributed by atoms with Crippen molar-refractivity contribution in [3.63, 3.8) is 0 Å². The van der Waals surface area contributed by atoms with Gasteiger partial charge in [0.2, 0.25) is 0 Å². The summed E-state index contributed by atoms with van der Waals surface area (Å²) in [4.78, 5) is 15.1. The van der Waals surface area contributed by atoms with Gasteiger partial charge in [-0.3, -0.25) is 4.79 Å². The van der Waals surface area contributed by atoms with Gasteiger partial charge in [0.05, 0.1) is 6.54 Å². The molecule has 0 fully saturated rings. The van der Waals surface area contributed by atoms with Crippen LogP contribution in [0.5, 0.6) is 5.75 Å². The number of nitrogens with zero attached hydrogens (tertiary/aromatic N) is 1. The minimum atomic E-state index is -0.482. The van der Waals surface area contributed by atoms with Gasteiger partial charge in [-0.25, -0.2) is 4.98 Å². The van der Waals surface area contributed by atoms with Crippen LogP contribution in [-0.2, 0) is 0 Å². The molecule has 0 aromatic carbocycles.